The zero-order valence-electron chi connectivity index (χ0n) is 15.8. The van der Waals surface area contributed by atoms with E-state index in [2.05, 4.69) is 15.5 Å². The van der Waals surface area contributed by atoms with Crippen molar-refractivity contribution in [1.29, 1.82) is 0 Å². The molecule has 0 aliphatic heterocycles. The maximum atomic E-state index is 12.3. The molecule has 0 aliphatic carbocycles. The maximum absolute atomic E-state index is 12.3. The molecule has 0 saturated carbocycles. The van der Waals surface area contributed by atoms with Gasteiger partial charge >= 0.3 is 0 Å². The van der Waals surface area contributed by atoms with Crippen molar-refractivity contribution in [3.8, 4) is 22.9 Å². The molecule has 146 valence electrons. The van der Waals surface area contributed by atoms with E-state index in [0.29, 0.717) is 29.5 Å². The predicted octanol–water partition coefficient (Wildman–Crippen LogP) is 3.12. The summed E-state index contributed by atoms with van der Waals surface area (Å²) in [6.45, 7) is 2.82. The lowest BCUT2D eigenvalue weighted by Crippen LogP contribution is -2.31. The van der Waals surface area contributed by atoms with Gasteiger partial charge in [0, 0.05) is 11.6 Å². The van der Waals surface area contributed by atoms with E-state index in [9.17, 15) is 4.79 Å². The van der Waals surface area contributed by atoms with Gasteiger partial charge in [0.25, 0.3) is 0 Å². The minimum absolute atomic E-state index is 0.0811. The van der Waals surface area contributed by atoms with E-state index in [1.807, 2.05) is 49.4 Å². The lowest BCUT2D eigenvalue weighted by Gasteiger charge is -2.10. The number of aromatic nitrogens is 3. The quantitative estimate of drug-likeness (QED) is 0.450. The highest BCUT2D eigenvalue weighted by atomic mass is 32.1. The molecule has 2 aromatic carbocycles. The van der Waals surface area contributed by atoms with Crippen LogP contribution in [0.4, 0.5) is 0 Å². The first-order chi connectivity index (χ1) is 13.6. The summed E-state index contributed by atoms with van der Waals surface area (Å²) in [6, 6.07) is 15.2. The molecule has 1 heterocycles. The normalized spacial score (nSPS) is 10.5. The Morgan fingerprint density at radius 1 is 1.21 bits per heavy atom. The van der Waals surface area contributed by atoms with Crippen LogP contribution in [-0.2, 0) is 11.3 Å². The van der Waals surface area contributed by atoms with E-state index in [1.54, 1.807) is 17.7 Å². The van der Waals surface area contributed by atoms with E-state index < -0.39 is 0 Å². The van der Waals surface area contributed by atoms with Gasteiger partial charge in [-0.3, -0.25) is 14.5 Å². The molecule has 0 unspecified atom stereocenters. The molecule has 0 saturated heterocycles. The van der Waals surface area contributed by atoms with Gasteiger partial charge in [0.15, 0.2) is 10.6 Å². The van der Waals surface area contributed by atoms with Crippen LogP contribution in [0.3, 0.4) is 0 Å². The van der Waals surface area contributed by atoms with E-state index in [4.69, 9.17) is 21.7 Å². The molecule has 3 rings (SSSR count). The van der Waals surface area contributed by atoms with Gasteiger partial charge in [-0.15, -0.1) is 0 Å². The van der Waals surface area contributed by atoms with Gasteiger partial charge in [-0.25, -0.2) is 0 Å². The van der Waals surface area contributed by atoms with Crippen LogP contribution < -0.4 is 14.8 Å². The highest BCUT2D eigenvalue weighted by Crippen LogP contribution is 2.19. The van der Waals surface area contributed by atoms with E-state index in [0.717, 1.165) is 16.9 Å². The minimum atomic E-state index is -0.167. The van der Waals surface area contributed by atoms with E-state index in [1.165, 1.54) is 0 Å². The highest BCUT2D eigenvalue weighted by Gasteiger charge is 2.12. The van der Waals surface area contributed by atoms with Crippen LogP contribution in [-0.4, -0.2) is 40.9 Å². The van der Waals surface area contributed by atoms with Crippen molar-refractivity contribution < 1.29 is 14.3 Å². The Morgan fingerprint density at radius 3 is 2.71 bits per heavy atom. The number of hydrogen-bond acceptors (Lipinski definition) is 5. The van der Waals surface area contributed by atoms with E-state index in [-0.39, 0.29) is 12.5 Å². The average Bonchev–Trinajstić information content (AvgIpc) is 3.06. The first-order valence-electron chi connectivity index (χ1n) is 8.82. The molecule has 8 heteroatoms. The van der Waals surface area contributed by atoms with Crippen LogP contribution in [0.5, 0.6) is 11.5 Å². The first-order valence-corrected chi connectivity index (χ1v) is 9.23. The Kier molecular flexibility index (Phi) is 6.44. The third kappa shape index (κ3) is 4.98. The van der Waals surface area contributed by atoms with Crippen molar-refractivity contribution in [3.05, 3.63) is 58.9 Å². The summed E-state index contributed by atoms with van der Waals surface area (Å²) in [6.07, 6.45) is 0. The molecule has 0 fully saturated rings. The number of ether oxygens (including phenoxy) is 2. The van der Waals surface area contributed by atoms with Crippen molar-refractivity contribution in [1.82, 2.24) is 20.1 Å². The fourth-order valence-electron chi connectivity index (χ4n) is 2.64. The van der Waals surface area contributed by atoms with Gasteiger partial charge in [-0.1, -0.05) is 35.9 Å². The van der Waals surface area contributed by atoms with Gasteiger partial charge in [0.05, 0.1) is 13.7 Å². The van der Waals surface area contributed by atoms with Crippen LogP contribution in [0.25, 0.3) is 11.4 Å². The topological polar surface area (TPSA) is 81.2 Å². The summed E-state index contributed by atoms with van der Waals surface area (Å²) in [5.74, 6) is 1.87. The average molecular weight is 398 g/mol. The number of carbonyl (C=O) groups excluding carboxylic acids is 1. The lowest BCUT2D eigenvalue weighted by molar-refractivity contribution is -0.121. The molecule has 0 radical (unpaired) electrons. The van der Waals surface area contributed by atoms with Crippen LogP contribution in [0, 0.1) is 11.7 Å². The number of aromatic amines is 1. The maximum Gasteiger partial charge on any atom is 0.240 e. The molecular formula is C20H22N4O3S. The largest absolute Gasteiger partial charge is 0.497 e. The molecule has 1 amide bonds. The van der Waals surface area contributed by atoms with Crippen LogP contribution >= 0.6 is 12.2 Å². The van der Waals surface area contributed by atoms with Gasteiger partial charge in [-0.2, -0.15) is 5.10 Å². The molecule has 2 N–H and O–H groups in total. The van der Waals surface area contributed by atoms with Crippen molar-refractivity contribution in [2.24, 2.45) is 0 Å². The van der Waals surface area contributed by atoms with Crippen molar-refractivity contribution in [2.45, 2.75) is 13.5 Å². The number of carbonyl (C=O) groups is 1. The molecule has 0 aliphatic rings. The zero-order chi connectivity index (χ0) is 19.9. The van der Waals surface area contributed by atoms with Gasteiger partial charge in [0.2, 0.25) is 5.91 Å². The highest BCUT2D eigenvalue weighted by molar-refractivity contribution is 7.71. The van der Waals surface area contributed by atoms with Crippen LogP contribution in [0.1, 0.15) is 5.56 Å². The predicted molar refractivity (Wildman–Crippen MR) is 109 cm³/mol. The summed E-state index contributed by atoms with van der Waals surface area (Å²) in [4.78, 5) is 12.3. The number of aryl methyl sites for hydroxylation is 1. The number of amides is 1. The fraction of sp³-hybridized carbons (Fsp3) is 0.250. The molecule has 0 bridgehead atoms. The summed E-state index contributed by atoms with van der Waals surface area (Å²) in [5, 5.41) is 9.84. The molecule has 7 nitrogen and oxygen atoms in total. The summed E-state index contributed by atoms with van der Waals surface area (Å²) < 4.78 is 12.9. The number of nitrogens with zero attached hydrogens (tertiary/aromatic N) is 2. The van der Waals surface area contributed by atoms with Crippen LogP contribution in [0.15, 0.2) is 48.5 Å². The summed E-state index contributed by atoms with van der Waals surface area (Å²) in [7, 11) is 1.60. The molecule has 0 spiro atoms. The summed E-state index contributed by atoms with van der Waals surface area (Å²) >= 11 is 5.27. The second kappa shape index (κ2) is 9.18. The molecular weight excluding hydrogens is 376 g/mol. The molecule has 0 atom stereocenters. The Bertz CT molecular complexity index is 995. The number of nitrogens with one attached hydrogen (secondary N) is 2. The second-order valence-corrected chi connectivity index (χ2v) is 6.57. The molecule has 28 heavy (non-hydrogen) atoms. The number of H-pyrrole nitrogens is 1. The monoisotopic (exact) mass is 398 g/mol. The Balaban J connectivity index is 1.54. The Hall–Kier alpha value is -3.13. The first kappa shape index (κ1) is 19.6. The Labute approximate surface area is 168 Å². The standard InChI is InChI=1S/C20H22N4O3S/c1-14-6-8-15(9-7-14)19-22-23-20(28)24(19)13-18(25)21-10-11-27-17-5-3-4-16(12-17)26-2/h3-9,12H,10-11,13H2,1-2H3,(H,21,25)(H,23,28). The Morgan fingerprint density at radius 2 is 1.96 bits per heavy atom. The smallest absolute Gasteiger partial charge is 0.240 e. The molecule has 1 aromatic heterocycles. The van der Waals surface area contributed by atoms with Gasteiger partial charge < -0.3 is 14.8 Å². The second-order valence-electron chi connectivity index (χ2n) is 6.18. The third-order valence-electron chi connectivity index (χ3n) is 4.10. The van der Waals surface area contributed by atoms with Gasteiger partial charge in [0.1, 0.15) is 24.7 Å². The van der Waals surface area contributed by atoms with Crippen molar-refractivity contribution >= 4 is 18.1 Å². The number of benzene rings is 2. The lowest BCUT2D eigenvalue weighted by atomic mass is 10.1. The fourth-order valence-corrected chi connectivity index (χ4v) is 2.83. The van der Waals surface area contributed by atoms with Crippen molar-refractivity contribution in [2.75, 3.05) is 20.3 Å². The number of hydrogen-bond donors (Lipinski definition) is 2. The third-order valence-corrected chi connectivity index (χ3v) is 4.42. The van der Waals surface area contributed by atoms with Crippen molar-refractivity contribution in [3.63, 3.8) is 0 Å². The zero-order valence-corrected chi connectivity index (χ0v) is 16.6. The number of rotatable bonds is 8. The molecule has 3 aromatic rings. The van der Waals surface area contributed by atoms with Gasteiger partial charge in [-0.05, 0) is 31.3 Å². The summed E-state index contributed by atoms with van der Waals surface area (Å²) in [5.41, 5.74) is 2.05. The number of methoxy groups -OCH3 is 1. The van der Waals surface area contributed by atoms with E-state index >= 15 is 0 Å². The minimum Gasteiger partial charge on any atom is -0.497 e. The SMILES string of the molecule is COc1cccc(OCCNC(=O)Cn2c(-c3ccc(C)cc3)n[nH]c2=S)c1. The van der Waals surface area contributed by atoms with Crippen LogP contribution in [0.2, 0.25) is 0 Å².